The van der Waals surface area contributed by atoms with Gasteiger partial charge >= 0.3 is 0 Å². The largest absolute Gasteiger partial charge is 0.367 e. The van der Waals surface area contributed by atoms with E-state index in [9.17, 15) is 4.79 Å². The number of para-hydroxylation sites is 1. The Bertz CT molecular complexity index is 1280. The van der Waals surface area contributed by atoms with Crippen LogP contribution in [0.15, 0.2) is 66.7 Å². The zero-order chi connectivity index (χ0) is 26.8. The molecule has 3 aliphatic heterocycles. The van der Waals surface area contributed by atoms with Crippen molar-refractivity contribution in [2.45, 2.75) is 57.7 Å². The summed E-state index contributed by atoms with van der Waals surface area (Å²) >= 11 is 0. The fourth-order valence-corrected chi connectivity index (χ4v) is 6.66. The molecule has 0 saturated carbocycles. The number of pyridine rings is 1. The number of fused-ring (bicyclic) bond motifs is 1. The van der Waals surface area contributed by atoms with E-state index >= 15 is 0 Å². The van der Waals surface area contributed by atoms with Crippen molar-refractivity contribution in [3.63, 3.8) is 0 Å². The molecule has 2 saturated heterocycles. The second-order valence-corrected chi connectivity index (χ2v) is 11.8. The maximum atomic E-state index is 14.3. The highest BCUT2D eigenvalue weighted by Gasteiger charge is 2.41. The number of hydrogen-bond donors (Lipinski definition) is 1. The van der Waals surface area contributed by atoms with Crippen LogP contribution in [0, 0.1) is 12.8 Å². The van der Waals surface area contributed by atoms with Gasteiger partial charge in [-0.25, -0.2) is 4.98 Å². The molecule has 0 aliphatic carbocycles. The van der Waals surface area contributed by atoms with Gasteiger partial charge in [0.05, 0.1) is 18.2 Å². The van der Waals surface area contributed by atoms with Gasteiger partial charge in [0.25, 0.3) is 0 Å². The van der Waals surface area contributed by atoms with E-state index in [-0.39, 0.29) is 11.8 Å². The maximum absolute atomic E-state index is 14.3. The quantitative estimate of drug-likeness (QED) is 0.466. The van der Waals surface area contributed by atoms with Gasteiger partial charge < -0.3 is 15.1 Å². The molecule has 0 spiro atoms. The second kappa shape index (κ2) is 11.5. The first-order valence-electron chi connectivity index (χ1n) is 14.6. The van der Waals surface area contributed by atoms with E-state index in [1.165, 1.54) is 11.1 Å². The van der Waals surface area contributed by atoms with Gasteiger partial charge in [0.2, 0.25) is 5.91 Å². The fraction of sp³-hybridized carbons (Fsp3) is 0.455. The van der Waals surface area contributed by atoms with Gasteiger partial charge in [0, 0.05) is 18.3 Å². The third-order valence-electron chi connectivity index (χ3n) is 9.00. The van der Waals surface area contributed by atoms with Crippen LogP contribution in [0.25, 0.3) is 0 Å². The molecule has 0 bridgehead atoms. The van der Waals surface area contributed by atoms with E-state index < -0.39 is 0 Å². The summed E-state index contributed by atoms with van der Waals surface area (Å²) in [6.07, 6.45) is 4.27. The molecule has 1 atom stereocenters. The highest BCUT2D eigenvalue weighted by atomic mass is 16.2. The number of nitrogens with one attached hydrogen (secondary N) is 1. The van der Waals surface area contributed by atoms with Gasteiger partial charge in [-0.05, 0) is 101 Å². The number of hydrogen-bond acceptors (Lipinski definition) is 5. The Morgan fingerprint density at radius 3 is 2.33 bits per heavy atom. The lowest BCUT2D eigenvalue weighted by molar-refractivity contribution is -0.122. The summed E-state index contributed by atoms with van der Waals surface area (Å²) in [7, 11) is 2.19. The summed E-state index contributed by atoms with van der Waals surface area (Å²) in [4.78, 5) is 26.4. The van der Waals surface area contributed by atoms with Crippen LogP contribution in [-0.2, 0) is 17.9 Å². The highest BCUT2D eigenvalue weighted by Crippen LogP contribution is 2.41. The second-order valence-electron chi connectivity index (χ2n) is 11.8. The average molecular weight is 524 g/mol. The molecule has 1 unspecified atom stereocenters. The molecule has 3 aliphatic rings. The number of benzene rings is 2. The van der Waals surface area contributed by atoms with E-state index in [2.05, 4.69) is 83.7 Å². The number of nitrogens with zero attached hydrogens (tertiary/aromatic N) is 4. The molecule has 0 radical (unpaired) electrons. The summed E-state index contributed by atoms with van der Waals surface area (Å²) in [5, 5.41) is 3.71. The minimum atomic E-state index is -0.202. The van der Waals surface area contributed by atoms with Crippen molar-refractivity contribution < 1.29 is 4.79 Å². The first kappa shape index (κ1) is 26.0. The van der Waals surface area contributed by atoms with Crippen molar-refractivity contribution >= 4 is 17.4 Å². The molecule has 1 amide bonds. The number of piperidine rings is 2. The van der Waals surface area contributed by atoms with Crippen molar-refractivity contribution in [3.05, 3.63) is 89.1 Å². The predicted molar refractivity (Wildman–Crippen MR) is 158 cm³/mol. The van der Waals surface area contributed by atoms with Crippen molar-refractivity contribution in [1.29, 1.82) is 0 Å². The van der Waals surface area contributed by atoms with E-state index in [0.29, 0.717) is 18.5 Å². The number of aromatic nitrogens is 1. The number of likely N-dealkylation sites (tertiary alicyclic amines) is 2. The van der Waals surface area contributed by atoms with Crippen molar-refractivity contribution in [3.8, 4) is 0 Å². The lowest BCUT2D eigenvalue weighted by Crippen LogP contribution is -2.45. The smallest absolute Gasteiger partial charge is 0.236 e. The number of anilines is 2. The Hall–Kier alpha value is -3.22. The molecule has 2 aromatic carbocycles. The van der Waals surface area contributed by atoms with E-state index in [1.807, 2.05) is 17.0 Å². The lowest BCUT2D eigenvalue weighted by Gasteiger charge is -2.41. The first-order valence-corrected chi connectivity index (χ1v) is 14.6. The van der Waals surface area contributed by atoms with Gasteiger partial charge in [-0.2, -0.15) is 0 Å². The molecule has 2 fully saturated rings. The lowest BCUT2D eigenvalue weighted by atomic mass is 9.77. The number of carbonyl (C=O) groups excluding carboxylic acids is 1. The summed E-state index contributed by atoms with van der Waals surface area (Å²) in [6, 6.07) is 23.8. The van der Waals surface area contributed by atoms with Gasteiger partial charge in [0.1, 0.15) is 5.82 Å². The van der Waals surface area contributed by atoms with Crippen molar-refractivity contribution in [1.82, 2.24) is 14.8 Å². The maximum Gasteiger partial charge on any atom is 0.236 e. The minimum absolute atomic E-state index is 0.202. The number of amides is 1. The molecule has 6 nitrogen and oxygen atoms in total. The molecule has 204 valence electrons. The van der Waals surface area contributed by atoms with Crippen LogP contribution in [0.3, 0.4) is 0 Å². The molecule has 1 N–H and O–H groups in total. The average Bonchev–Trinajstić information content (AvgIpc) is 2.96. The fourth-order valence-electron chi connectivity index (χ4n) is 6.66. The highest BCUT2D eigenvalue weighted by molar-refractivity contribution is 6.00. The molecule has 3 aromatic rings. The topological polar surface area (TPSA) is 51.7 Å². The Kier molecular flexibility index (Phi) is 7.67. The summed E-state index contributed by atoms with van der Waals surface area (Å²) in [6.45, 7) is 7.90. The number of rotatable bonds is 6. The van der Waals surface area contributed by atoms with Crippen LogP contribution in [0.2, 0.25) is 0 Å². The van der Waals surface area contributed by atoms with Gasteiger partial charge in [0.15, 0.2) is 0 Å². The van der Waals surface area contributed by atoms with Gasteiger partial charge in [-0.15, -0.1) is 0 Å². The van der Waals surface area contributed by atoms with Crippen LogP contribution in [-0.4, -0.2) is 60.0 Å². The Morgan fingerprint density at radius 2 is 1.59 bits per heavy atom. The van der Waals surface area contributed by atoms with Crippen LogP contribution in [0.5, 0.6) is 0 Å². The van der Waals surface area contributed by atoms with E-state index in [4.69, 9.17) is 4.98 Å². The monoisotopic (exact) mass is 523 g/mol. The minimum Gasteiger partial charge on any atom is -0.367 e. The number of carbonyl (C=O) groups is 1. The van der Waals surface area contributed by atoms with Crippen molar-refractivity contribution in [2.75, 3.05) is 43.4 Å². The summed E-state index contributed by atoms with van der Waals surface area (Å²) < 4.78 is 0. The zero-order valence-electron chi connectivity index (χ0n) is 23.4. The van der Waals surface area contributed by atoms with Crippen molar-refractivity contribution in [2.24, 2.45) is 5.92 Å². The van der Waals surface area contributed by atoms with E-state index in [1.54, 1.807) is 0 Å². The number of aryl methyl sites for hydroxylation is 1. The molecule has 6 rings (SSSR count). The van der Waals surface area contributed by atoms with Crippen LogP contribution < -0.4 is 10.2 Å². The zero-order valence-corrected chi connectivity index (χ0v) is 23.4. The predicted octanol–water partition coefficient (Wildman–Crippen LogP) is 5.44. The molecular weight excluding hydrogens is 482 g/mol. The normalized spacial score (nSPS) is 21.6. The van der Waals surface area contributed by atoms with Crippen LogP contribution in [0.1, 0.15) is 54.0 Å². The SMILES string of the molecule is Cc1ccccc1N1Cc2ccc(NC3CCN(C)CC3)nc2C(C2CCN(Cc3ccccc3)CC2)C1=O. The Balaban J connectivity index is 1.26. The Morgan fingerprint density at radius 1 is 0.872 bits per heavy atom. The molecular formula is C33H41N5O. The standard InChI is InChI=1S/C33H41N5O/c1-24-8-6-7-11-29(24)38-23-27-12-13-30(34-28-16-18-36(2)19-17-28)35-32(27)31(33(38)39)26-14-20-37(21-15-26)22-25-9-4-3-5-10-25/h3-13,26,28,31H,14-23H2,1-2H3,(H,34,35). The molecule has 1 aromatic heterocycles. The van der Waals surface area contributed by atoms with Crippen LogP contribution >= 0.6 is 0 Å². The third-order valence-corrected chi connectivity index (χ3v) is 9.00. The molecule has 4 heterocycles. The molecule has 39 heavy (non-hydrogen) atoms. The van der Waals surface area contributed by atoms with E-state index in [0.717, 1.165) is 81.2 Å². The van der Waals surface area contributed by atoms with Gasteiger partial charge in [-0.3, -0.25) is 9.69 Å². The Labute approximate surface area is 233 Å². The van der Waals surface area contributed by atoms with Gasteiger partial charge in [-0.1, -0.05) is 54.6 Å². The first-order chi connectivity index (χ1) is 19.0. The summed E-state index contributed by atoms with van der Waals surface area (Å²) in [5.74, 6) is 1.22. The van der Waals surface area contributed by atoms with Crippen LogP contribution in [0.4, 0.5) is 11.5 Å². The molecule has 6 heteroatoms. The summed E-state index contributed by atoms with van der Waals surface area (Å²) in [5.41, 5.74) is 5.70. The third kappa shape index (κ3) is 5.73.